The van der Waals surface area contributed by atoms with Crippen LogP contribution in [0, 0.1) is 0 Å². The van der Waals surface area contributed by atoms with Crippen molar-refractivity contribution < 1.29 is 19.4 Å². The summed E-state index contributed by atoms with van der Waals surface area (Å²) in [6.45, 7) is 0.720. The van der Waals surface area contributed by atoms with Crippen molar-refractivity contribution in [1.82, 2.24) is 15.6 Å². The van der Waals surface area contributed by atoms with Gasteiger partial charge in [0.1, 0.15) is 7.05 Å². The van der Waals surface area contributed by atoms with Gasteiger partial charge in [0.2, 0.25) is 0 Å². The van der Waals surface area contributed by atoms with Crippen LogP contribution < -0.4 is 15.2 Å². The van der Waals surface area contributed by atoms with E-state index in [0.29, 0.717) is 30.8 Å². The number of amides is 2. The Morgan fingerprint density at radius 3 is 2.60 bits per heavy atom. The number of aryl methyl sites for hydroxylation is 1. The zero-order chi connectivity index (χ0) is 18.1. The Balaban J connectivity index is 1.74. The van der Waals surface area contributed by atoms with Crippen molar-refractivity contribution in [2.75, 3.05) is 13.1 Å². The molecule has 0 aliphatic carbocycles. The van der Waals surface area contributed by atoms with Gasteiger partial charge in [-0.2, -0.15) is 0 Å². The topological polar surface area (TPSA) is 108 Å². The highest BCUT2D eigenvalue weighted by molar-refractivity contribution is 6.45. The molecule has 0 radical (unpaired) electrons. The Kier molecular flexibility index (Phi) is 6.58. The lowest BCUT2D eigenvalue weighted by Gasteiger charge is -2.07. The van der Waals surface area contributed by atoms with Crippen LogP contribution in [-0.4, -0.2) is 40.8 Å². The van der Waals surface area contributed by atoms with Crippen molar-refractivity contribution >= 4 is 17.5 Å². The molecule has 2 amide bonds. The van der Waals surface area contributed by atoms with E-state index in [2.05, 4.69) is 20.8 Å². The Morgan fingerprint density at radius 2 is 1.92 bits per heavy atom. The third kappa shape index (κ3) is 5.38. The number of nitrogens with one attached hydrogen (secondary N) is 2. The van der Waals surface area contributed by atoms with Gasteiger partial charge in [-0.1, -0.05) is 35.5 Å². The second-order valence-corrected chi connectivity index (χ2v) is 5.29. The summed E-state index contributed by atoms with van der Waals surface area (Å²) in [5.41, 5.74) is 0.803. The lowest BCUT2D eigenvalue weighted by molar-refractivity contribution is -0.672. The fourth-order valence-corrected chi connectivity index (χ4v) is 2.10. The molecule has 2 aromatic rings. The maximum Gasteiger partial charge on any atom is 0.276 e. The molecular weight excluding hydrogens is 322 g/mol. The zero-order valence-electron chi connectivity index (χ0n) is 13.8. The van der Waals surface area contributed by atoms with E-state index in [-0.39, 0.29) is 11.6 Å². The van der Waals surface area contributed by atoms with Crippen molar-refractivity contribution in [2.45, 2.75) is 6.42 Å². The molecule has 0 aliphatic heterocycles. The van der Waals surface area contributed by atoms with Gasteiger partial charge in [0.15, 0.2) is 23.8 Å². The van der Waals surface area contributed by atoms with Gasteiger partial charge in [0.05, 0.1) is 6.20 Å². The van der Waals surface area contributed by atoms with Gasteiger partial charge in [-0.15, -0.1) is 0 Å². The first kappa shape index (κ1) is 18.1. The van der Waals surface area contributed by atoms with E-state index in [1.54, 1.807) is 60.5 Å². The van der Waals surface area contributed by atoms with Crippen molar-refractivity contribution in [3.05, 3.63) is 60.2 Å². The number of carbonyl (C=O) groups is 2. The number of hydrogen-bond donors (Lipinski definition) is 3. The molecule has 1 heterocycles. The van der Waals surface area contributed by atoms with E-state index in [4.69, 9.17) is 5.21 Å². The number of hydrogen-bond acceptors (Lipinski definition) is 5. The van der Waals surface area contributed by atoms with Crippen LogP contribution in [0.3, 0.4) is 0 Å². The smallest absolute Gasteiger partial charge is 0.276 e. The summed E-state index contributed by atoms with van der Waals surface area (Å²) in [6, 6.07) is 8.67. The van der Waals surface area contributed by atoms with Crippen LogP contribution in [0.4, 0.5) is 0 Å². The molecule has 3 N–H and O–H groups in total. The molecular formula is C17H20N5O3+. The molecule has 1 aromatic carbocycles. The highest BCUT2D eigenvalue weighted by atomic mass is 16.4. The van der Waals surface area contributed by atoms with Crippen LogP contribution >= 0.6 is 0 Å². The first-order valence-electron chi connectivity index (χ1n) is 7.77. The molecule has 8 heteroatoms. The molecule has 130 valence electrons. The number of rotatable bonds is 7. The lowest BCUT2D eigenvalue weighted by atomic mass is 10.1. The minimum absolute atomic E-state index is 0.0504. The number of benzene rings is 1. The first-order valence-corrected chi connectivity index (χ1v) is 7.77. The minimum Gasteiger partial charge on any atom is -0.410 e. The Labute approximate surface area is 145 Å². The number of nitrogens with zero attached hydrogens (tertiary/aromatic N) is 3. The van der Waals surface area contributed by atoms with Gasteiger partial charge in [0, 0.05) is 18.7 Å². The molecule has 0 saturated heterocycles. The Bertz CT molecular complexity index is 762. The highest BCUT2D eigenvalue weighted by Gasteiger charge is 2.14. The molecule has 0 saturated carbocycles. The summed E-state index contributed by atoms with van der Waals surface area (Å²) in [7, 11) is 1.81. The molecule has 0 unspecified atom stereocenters. The fourth-order valence-electron chi connectivity index (χ4n) is 2.10. The average Bonchev–Trinajstić information content (AvgIpc) is 2.63. The van der Waals surface area contributed by atoms with Crippen LogP contribution in [-0.2, 0) is 11.8 Å². The lowest BCUT2D eigenvalue weighted by Crippen LogP contribution is -2.35. The summed E-state index contributed by atoms with van der Waals surface area (Å²) in [6.07, 6.45) is 5.44. The van der Waals surface area contributed by atoms with E-state index >= 15 is 0 Å². The van der Waals surface area contributed by atoms with Crippen molar-refractivity contribution in [2.24, 2.45) is 12.2 Å². The van der Waals surface area contributed by atoms with E-state index in [0.717, 1.165) is 0 Å². The van der Waals surface area contributed by atoms with Crippen molar-refractivity contribution in [3.8, 4) is 0 Å². The van der Waals surface area contributed by atoms with E-state index < -0.39 is 5.91 Å². The van der Waals surface area contributed by atoms with Gasteiger partial charge < -0.3 is 15.8 Å². The monoisotopic (exact) mass is 342 g/mol. The van der Waals surface area contributed by atoms with Crippen LogP contribution in [0.1, 0.15) is 22.5 Å². The molecule has 0 spiro atoms. The second-order valence-electron chi connectivity index (χ2n) is 5.29. The molecule has 2 rings (SSSR count). The molecule has 1 aromatic heterocycles. The minimum atomic E-state index is -0.475. The SMILES string of the molecule is C[n+]1ccnc(C(=O)NCCCNC(=O)/C(=N\O)c2ccccc2)c1. The summed E-state index contributed by atoms with van der Waals surface area (Å²) in [4.78, 5) is 27.9. The summed E-state index contributed by atoms with van der Waals surface area (Å²) < 4.78 is 1.74. The third-order valence-electron chi connectivity index (χ3n) is 3.36. The number of aromatic nitrogens is 2. The van der Waals surface area contributed by atoms with E-state index in [1.165, 1.54) is 0 Å². The molecule has 0 fully saturated rings. The normalized spacial score (nSPS) is 11.0. The highest BCUT2D eigenvalue weighted by Crippen LogP contribution is 2.01. The largest absolute Gasteiger partial charge is 0.410 e. The van der Waals surface area contributed by atoms with E-state index in [9.17, 15) is 9.59 Å². The van der Waals surface area contributed by atoms with E-state index in [1.807, 2.05) is 0 Å². The first-order chi connectivity index (χ1) is 12.1. The maximum atomic E-state index is 12.0. The maximum absolute atomic E-state index is 12.0. The quantitative estimate of drug-likeness (QED) is 0.217. The molecule has 0 bridgehead atoms. The fraction of sp³-hybridized carbons (Fsp3) is 0.235. The molecule has 25 heavy (non-hydrogen) atoms. The second kappa shape index (κ2) is 9.11. The zero-order valence-corrected chi connectivity index (χ0v) is 13.8. The van der Waals surface area contributed by atoms with Crippen molar-refractivity contribution in [3.63, 3.8) is 0 Å². The van der Waals surface area contributed by atoms with Crippen LogP contribution in [0.5, 0.6) is 0 Å². The molecule has 8 nitrogen and oxygen atoms in total. The predicted octanol–water partition coefficient (Wildman–Crippen LogP) is 0.0207. The number of carbonyl (C=O) groups excluding carboxylic acids is 2. The van der Waals surface area contributed by atoms with Crippen molar-refractivity contribution in [1.29, 1.82) is 0 Å². The van der Waals surface area contributed by atoms with Gasteiger partial charge in [-0.05, 0) is 6.42 Å². The molecule has 0 atom stereocenters. The predicted molar refractivity (Wildman–Crippen MR) is 90.1 cm³/mol. The summed E-state index contributed by atoms with van der Waals surface area (Å²) in [5, 5.41) is 17.5. The summed E-state index contributed by atoms with van der Waals surface area (Å²) >= 11 is 0. The summed E-state index contributed by atoms with van der Waals surface area (Å²) in [5.74, 6) is -0.749. The van der Waals surface area contributed by atoms with Gasteiger partial charge in [-0.25, -0.2) is 9.55 Å². The number of oxime groups is 1. The van der Waals surface area contributed by atoms with Gasteiger partial charge in [0.25, 0.3) is 11.8 Å². The third-order valence-corrected chi connectivity index (χ3v) is 3.36. The average molecular weight is 342 g/mol. The van der Waals surface area contributed by atoms with Crippen LogP contribution in [0.2, 0.25) is 0 Å². The Hall–Kier alpha value is -3.29. The van der Waals surface area contributed by atoms with Crippen LogP contribution in [0.25, 0.3) is 0 Å². The standard InChI is InChI=1S/C17H19N5O3/c1-22-11-10-18-14(12-22)16(23)19-8-5-9-20-17(24)15(21-25)13-6-3-2-4-7-13/h2-4,6-7,10-12H,5,8-9H2,1H3,(H2-,19,20,23,24,25)/p+1. The molecule has 0 aliphatic rings. The Morgan fingerprint density at radius 1 is 1.20 bits per heavy atom. The van der Waals surface area contributed by atoms with Gasteiger partial charge in [-0.3, -0.25) is 9.59 Å². The van der Waals surface area contributed by atoms with Crippen LogP contribution in [0.15, 0.2) is 54.1 Å². The van der Waals surface area contributed by atoms with Gasteiger partial charge >= 0.3 is 0 Å².